The number of hydrogen-bond acceptors (Lipinski definition) is 4. The predicted molar refractivity (Wildman–Crippen MR) is 94.1 cm³/mol. The van der Waals surface area contributed by atoms with E-state index in [0.29, 0.717) is 19.4 Å². The van der Waals surface area contributed by atoms with E-state index in [-0.39, 0.29) is 18.2 Å². The van der Waals surface area contributed by atoms with Gasteiger partial charge in [-0.25, -0.2) is 13.2 Å². The van der Waals surface area contributed by atoms with E-state index < -0.39 is 52.2 Å². The summed E-state index contributed by atoms with van der Waals surface area (Å²) in [5.41, 5.74) is -0.647. The predicted octanol–water partition coefficient (Wildman–Crippen LogP) is 4.56. The van der Waals surface area contributed by atoms with Gasteiger partial charge in [0.15, 0.2) is 0 Å². The zero-order valence-electron chi connectivity index (χ0n) is 16.3. The van der Waals surface area contributed by atoms with Gasteiger partial charge in [0.05, 0.1) is 11.5 Å². The number of carbonyl (C=O) groups excluding carboxylic acids is 1. The highest BCUT2D eigenvalue weighted by molar-refractivity contribution is 7.91. The highest BCUT2D eigenvalue weighted by Crippen LogP contribution is 2.38. The third-order valence-electron chi connectivity index (χ3n) is 4.36. The molecule has 0 saturated carbocycles. The van der Waals surface area contributed by atoms with E-state index >= 15 is 0 Å². The van der Waals surface area contributed by atoms with E-state index in [1.165, 1.54) is 0 Å². The third-order valence-corrected chi connectivity index (χ3v) is 6.18. The number of halogens is 5. The summed E-state index contributed by atoms with van der Waals surface area (Å²) >= 11 is 0. The molecule has 0 spiro atoms. The van der Waals surface area contributed by atoms with E-state index in [1.54, 1.807) is 25.7 Å². The molecule has 28 heavy (non-hydrogen) atoms. The SMILES string of the molecule is CC(C)(C)OC(=O)N1CCC[C@H]1CCCS(=O)(=O)CCCC(F)(F)C(F)(F)F. The molecule has 1 amide bonds. The van der Waals surface area contributed by atoms with Gasteiger partial charge in [0, 0.05) is 19.0 Å². The van der Waals surface area contributed by atoms with Gasteiger partial charge in [-0.3, -0.25) is 0 Å². The van der Waals surface area contributed by atoms with Crippen LogP contribution in [0.4, 0.5) is 26.7 Å². The fraction of sp³-hybridized carbons (Fsp3) is 0.941. The number of carbonyl (C=O) groups is 1. The largest absolute Gasteiger partial charge is 0.453 e. The zero-order valence-corrected chi connectivity index (χ0v) is 17.1. The Kier molecular flexibility index (Phi) is 8.12. The Morgan fingerprint density at radius 3 is 2.18 bits per heavy atom. The van der Waals surface area contributed by atoms with Crippen molar-refractivity contribution in [1.82, 2.24) is 4.90 Å². The van der Waals surface area contributed by atoms with E-state index in [2.05, 4.69) is 0 Å². The molecule has 0 N–H and O–H groups in total. The minimum absolute atomic E-state index is 0.167. The van der Waals surface area contributed by atoms with Crippen molar-refractivity contribution in [2.45, 2.75) is 83.0 Å². The molecule has 5 nitrogen and oxygen atoms in total. The van der Waals surface area contributed by atoms with Crippen molar-refractivity contribution in [3.8, 4) is 0 Å². The van der Waals surface area contributed by atoms with Crippen molar-refractivity contribution in [2.75, 3.05) is 18.1 Å². The van der Waals surface area contributed by atoms with Crippen LogP contribution in [0.2, 0.25) is 0 Å². The van der Waals surface area contributed by atoms with Gasteiger partial charge >= 0.3 is 18.2 Å². The molecule has 11 heteroatoms. The Labute approximate surface area is 162 Å². The molecule has 166 valence electrons. The second-order valence-electron chi connectivity index (χ2n) is 8.07. The van der Waals surface area contributed by atoms with Crippen molar-refractivity contribution in [3.63, 3.8) is 0 Å². The Hall–Kier alpha value is -1.13. The summed E-state index contributed by atoms with van der Waals surface area (Å²) < 4.78 is 91.1. The summed E-state index contributed by atoms with van der Waals surface area (Å²) in [6.07, 6.45) is -6.39. The van der Waals surface area contributed by atoms with E-state index in [1.807, 2.05) is 0 Å². The standard InChI is InChI=1S/C17H28F5NO4S/c1-15(2,3)27-14(24)23-10-4-7-13(23)8-5-11-28(25,26)12-6-9-16(18,19)17(20,21)22/h13H,4-12H2,1-3H3/t13-/m0/s1. The Morgan fingerprint density at radius 2 is 1.64 bits per heavy atom. The minimum Gasteiger partial charge on any atom is -0.444 e. The number of hydrogen-bond donors (Lipinski definition) is 0. The van der Waals surface area contributed by atoms with Crippen LogP contribution >= 0.6 is 0 Å². The lowest BCUT2D eigenvalue weighted by Gasteiger charge is -2.28. The molecule has 1 rings (SSSR count). The van der Waals surface area contributed by atoms with Gasteiger partial charge in [0.2, 0.25) is 0 Å². The molecule has 0 aromatic carbocycles. The first-order valence-corrected chi connectivity index (χ1v) is 11.0. The van der Waals surface area contributed by atoms with Crippen LogP contribution < -0.4 is 0 Å². The fourth-order valence-corrected chi connectivity index (χ4v) is 4.39. The lowest BCUT2D eigenvalue weighted by Crippen LogP contribution is -2.40. The summed E-state index contributed by atoms with van der Waals surface area (Å²) in [6, 6.07) is -0.167. The highest BCUT2D eigenvalue weighted by atomic mass is 32.2. The van der Waals surface area contributed by atoms with E-state index in [9.17, 15) is 35.2 Å². The van der Waals surface area contributed by atoms with Gasteiger partial charge in [-0.15, -0.1) is 0 Å². The monoisotopic (exact) mass is 437 g/mol. The van der Waals surface area contributed by atoms with Crippen molar-refractivity contribution in [1.29, 1.82) is 0 Å². The molecule has 1 saturated heterocycles. The maximum absolute atomic E-state index is 12.8. The van der Waals surface area contributed by atoms with Gasteiger partial charge in [-0.05, 0) is 52.9 Å². The second kappa shape index (κ2) is 9.13. The first-order chi connectivity index (χ1) is 12.5. The van der Waals surface area contributed by atoms with E-state index in [4.69, 9.17) is 4.74 Å². The van der Waals surface area contributed by atoms with Gasteiger partial charge in [0.25, 0.3) is 0 Å². The summed E-state index contributed by atoms with van der Waals surface area (Å²) in [7, 11) is -3.74. The summed E-state index contributed by atoms with van der Waals surface area (Å²) in [5, 5.41) is 0. The van der Waals surface area contributed by atoms with Crippen LogP contribution in [0.5, 0.6) is 0 Å². The number of ether oxygens (including phenoxy) is 1. The van der Waals surface area contributed by atoms with Crippen molar-refractivity contribution < 1.29 is 39.9 Å². The van der Waals surface area contributed by atoms with Crippen molar-refractivity contribution in [3.05, 3.63) is 0 Å². The molecule has 0 aliphatic carbocycles. The van der Waals surface area contributed by atoms with Crippen LogP contribution in [0, 0.1) is 0 Å². The van der Waals surface area contributed by atoms with Gasteiger partial charge in [-0.1, -0.05) is 0 Å². The van der Waals surface area contributed by atoms with Crippen molar-refractivity contribution in [2.24, 2.45) is 0 Å². The van der Waals surface area contributed by atoms with Crippen LogP contribution in [0.15, 0.2) is 0 Å². The highest BCUT2D eigenvalue weighted by Gasteiger charge is 2.56. The number of nitrogens with zero attached hydrogens (tertiary/aromatic N) is 1. The smallest absolute Gasteiger partial charge is 0.444 e. The fourth-order valence-electron chi connectivity index (χ4n) is 2.99. The average Bonchev–Trinajstić information content (AvgIpc) is 2.92. The topological polar surface area (TPSA) is 63.7 Å². The molecular weight excluding hydrogens is 409 g/mol. The number of alkyl halides is 5. The molecule has 1 heterocycles. The first kappa shape index (κ1) is 24.9. The lowest BCUT2D eigenvalue weighted by molar-refractivity contribution is -0.284. The van der Waals surface area contributed by atoms with Crippen LogP contribution in [0.1, 0.15) is 59.3 Å². The number of amides is 1. The molecule has 1 atom stereocenters. The molecule has 1 aliphatic heterocycles. The maximum Gasteiger partial charge on any atom is 0.453 e. The van der Waals surface area contributed by atoms with Gasteiger partial charge in [-0.2, -0.15) is 22.0 Å². The van der Waals surface area contributed by atoms with Crippen LogP contribution in [0.25, 0.3) is 0 Å². The molecule has 1 fully saturated rings. The Bertz CT molecular complexity index is 628. The van der Waals surface area contributed by atoms with E-state index in [0.717, 1.165) is 6.42 Å². The Morgan fingerprint density at radius 1 is 1.07 bits per heavy atom. The van der Waals surface area contributed by atoms with Crippen LogP contribution in [-0.2, 0) is 14.6 Å². The summed E-state index contributed by atoms with van der Waals surface area (Å²) in [6.45, 7) is 5.74. The quantitative estimate of drug-likeness (QED) is 0.523. The first-order valence-electron chi connectivity index (χ1n) is 9.19. The normalized spacial score (nSPS) is 19.1. The lowest BCUT2D eigenvalue weighted by atomic mass is 10.1. The number of likely N-dealkylation sites (tertiary alicyclic amines) is 1. The third kappa shape index (κ3) is 8.08. The maximum atomic E-state index is 12.8. The molecule has 0 aromatic rings. The molecule has 0 aromatic heterocycles. The molecule has 0 radical (unpaired) electrons. The number of rotatable bonds is 8. The van der Waals surface area contributed by atoms with Gasteiger partial charge < -0.3 is 9.64 Å². The minimum atomic E-state index is -5.68. The number of sulfone groups is 1. The zero-order chi connectivity index (χ0) is 21.8. The van der Waals surface area contributed by atoms with Gasteiger partial charge in [0.1, 0.15) is 15.4 Å². The molecule has 1 aliphatic rings. The molecule has 0 unspecified atom stereocenters. The summed E-state index contributed by atoms with van der Waals surface area (Å²) in [5.74, 6) is -5.93. The van der Waals surface area contributed by atoms with Crippen LogP contribution in [-0.4, -0.2) is 61.2 Å². The van der Waals surface area contributed by atoms with Crippen molar-refractivity contribution >= 4 is 15.9 Å². The van der Waals surface area contributed by atoms with Crippen LogP contribution in [0.3, 0.4) is 0 Å². The molecular formula is C17H28F5NO4S. The second-order valence-corrected chi connectivity index (χ2v) is 10.4. The molecule has 0 bridgehead atoms. The summed E-state index contributed by atoms with van der Waals surface area (Å²) in [4.78, 5) is 13.7. The Balaban J connectivity index is 2.43. The average molecular weight is 437 g/mol.